The number of aromatic nitrogens is 1. The minimum Gasteiger partial charge on any atom is -0.258 e. The number of hydrogen-bond donors (Lipinski definition) is 0. The normalized spacial score (nSPS) is 13.7. The smallest absolute Gasteiger partial charge is 0.258 e. The number of fused-ring (bicyclic) bond motifs is 5. The molecule has 1 aliphatic carbocycles. The summed E-state index contributed by atoms with van der Waals surface area (Å²) in [6.45, 7) is 1.91. The molecule has 5 aromatic rings. The first-order chi connectivity index (χ1) is 15.1. The number of rotatable bonds is 2. The van der Waals surface area contributed by atoms with Crippen molar-refractivity contribution in [1.82, 2.24) is 4.98 Å². The quantitative estimate of drug-likeness (QED) is 0.220. The van der Waals surface area contributed by atoms with Crippen LogP contribution in [0.2, 0.25) is 0 Å². The first kappa shape index (κ1) is 18.5. The van der Waals surface area contributed by atoms with Crippen LogP contribution in [0.3, 0.4) is 0 Å². The molecule has 5 heteroatoms. The van der Waals surface area contributed by atoms with Gasteiger partial charge in [0, 0.05) is 49.5 Å². The molecule has 152 valence electrons. The summed E-state index contributed by atoms with van der Waals surface area (Å²) in [5.74, 6) is 0. The second-order valence-corrected chi connectivity index (χ2v) is 9.50. The van der Waals surface area contributed by atoms with Gasteiger partial charge in [0.25, 0.3) is 5.69 Å². The van der Waals surface area contributed by atoms with Gasteiger partial charge in [-0.2, -0.15) is 0 Å². The van der Waals surface area contributed by atoms with Gasteiger partial charge in [-0.05, 0) is 91.1 Å². The van der Waals surface area contributed by atoms with E-state index in [9.17, 15) is 10.1 Å². The lowest BCUT2D eigenvalue weighted by molar-refractivity contribution is -0.384. The summed E-state index contributed by atoms with van der Waals surface area (Å²) < 4.78 is 2.65. The van der Waals surface area contributed by atoms with E-state index in [0.717, 1.165) is 27.6 Å². The van der Waals surface area contributed by atoms with Crippen LogP contribution in [-0.4, -0.2) is 9.91 Å². The number of pyridine rings is 1. The van der Waals surface area contributed by atoms with Gasteiger partial charge in [0.05, 0.1) is 10.6 Å². The minimum atomic E-state index is -0.352. The van der Waals surface area contributed by atoms with Crippen LogP contribution in [0.1, 0.15) is 29.5 Å². The highest BCUT2D eigenvalue weighted by Crippen LogP contribution is 2.41. The Kier molecular flexibility index (Phi) is 4.08. The van der Waals surface area contributed by atoms with Crippen LogP contribution in [0.4, 0.5) is 5.69 Å². The summed E-state index contributed by atoms with van der Waals surface area (Å²) in [5, 5.41) is 16.0. The summed E-state index contributed by atoms with van der Waals surface area (Å²) in [4.78, 5) is 15.5. The van der Waals surface area contributed by atoms with E-state index in [1.54, 1.807) is 12.1 Å². The molecular formula is C26H20N2O2S. The molecular weight excluding hydrogens is 404 g/mol. The lowest BCUT2D eigenvalue weighted by Crippen LogP contribution is -2.01. The van der Waals surface area contributed by atoms with E-state index in [2.05, 4.69) is 35.3 Å². The summed E-state index contributed by atoms with van der Waals surface area (Å²) in [6.07, 6.45) is 6.75. The number of nitrogens with zero attached hydrogens (tertiary/aromatic N) is 2. The summed E-state index contributed by atoms with van der Waals surface area (Å²) in [6, 6.07) is 16.4. The van der Waals surface area contributed by atoms with Gasteiger partial charge in [-0.15, -0.1) is 11.3 Å². The number of thiophene rings is 1. The largest absolute Gasteiger partial charge is 0.269 e. The molecule has 3 aromatic carbocycles. The standard InChI is InChI=1S/C26H20N2O2S/c1-15-10-19(28(29)30)6-7-20(15)26-21-14-23-22-11-16-4-2-3-5-17(16)12-24(22)31-25(23)13-18(21)8-9-27-26/h6-14H,2-5H2,1H3. The maximum Gasteiger partial charge on any atom is 0.269 e. The van der Waals surface area contributed by atoms with Crippen molar-refractivity contribution in [3.8, 4) is 11.3 Å². The van der Waals surface area contributed by atoms with Crippen LogP contribution >= 0.6 is 11.3 Å². The van der Waals surface area contributed by atoms with Gasteiger partial charge in [-0.25, -0.2) is 0 Å². The predicted octanol–water partition coefficient (Wildman–Crippen LogP) is 7.37. The van der Waals surface area contributed by atoms with Crippen molar-refractivity contribution in [2.24, 2.45) is 0 Å². The SMILES string of the molecule is Cc1cc([N+](=O)[O-])ccc1-c1nccc2cc3sc4cc5c(cc4c3cc12)CCCC5. The number of benzene rings is 3. The zero-order valence-corrected chi connectivity index (χ0v) is 18.0. The van der Waals surface area contributed by atoms with E-state index in [1.807, 2.05) is 30.5 Å². The predicted molar refractivity (Wildman–Crippen MR) is 128 cm³/mol. The molecule has 0 atom stereocenters. The van der Waals surface area contributed by atoms with Gasteiger partial charge in [-0.3, -0.25) is 15.1 Å². The molecule has 0 unspecified atom stereocenters. The van der Waals surface area contributed by atoms with E-state index < -0.39 is 0 Å². The first-order valence-electron chi connectivity index (χ1n) is 10.6. The third-order valence-electron chi connectivity index (χ3n) is 6.49. The van der Waals surface area contributed by atoms with Gasteiger partial charge >= 0.3 is 0 Å². The third kappa shape index (κ3) is 2.92. The van der Waals surface area contributed by atoms with E-state index in [4.69, 9.17) is 0 Å². The van der Waals surface area contributed by atoms with Gasteiger partial charge in [0.15, 0.2) is 0 Å². The molecule has 0 bridgehead atoms. The van der Waals surface area contributed by atoms with Crippen molar-refractivity contribution < 1.29 is 4.92 Å². The first-order valence-corrected chi connectivity index (χ1v) is 11.4. The van der Waals surface area contributed by atoms with Crippen molar-refractivity contribution in [1.29, 1.82) is 0 Å². The molecule has 31 heavy (non-hydrogen) atoms. The molecule has 6 rings (SSSR count). The number of nitro benzene ring substituents is 1. The number of non-ortho nitro benzene ring substituents is 1. The fourth-order valence-corrected chi connectivity index (χ4v) is 6.09. The molecule has 2 aromatic heterocycles. The van der Waals surface area contributed by atoms with Gasteiger partial charge in [0.2, 0.25) is 0 Å². The van der Waals surface area contributed by atoms with Crippen molar-refractivity contribution in [3.05, 3.63) is 81.5 Å². The summed E-state index contributed by atoms with van der Waals surface area (Å²) in [5.41, 5.74) is 5.79. The van der Waals surface area contributed by atoms with Gasteiger partial charge in [0.1, 0.15) is 0 Å². The summed E-state index contributed by atoms with van der Waals surface area (Å²) in [7, 11) is 0. The highest BCUT2D eigenvalue weighted by molar-refractivity contribution is 7.25. The van der Waals surface area contributed by atoms with Crippen molar-refractivity contribution >= 4 is 48.0 Å². The van der Waals surface area contributed by atoms with Gasteiger partial charge in [-0.1, -0.05) is 0 Å². The zero-order valence-electron chi connectivity index (χ0n) is 17.1. The molecule has 1 aliphatic rings. The molecule has 0 N–H and O–H groups in total. The maximum atomic E-state index is 11.1. The number of nitro groups is 1. The lowest BCUT2D eigenvalue weighted by Gasteiger charge is -2.15. The maximum absolute atomic E-state index is 11.1. The highest BCUT2D eigenvalue weighted by atomic mass is 32.1. The monoisotopic (exact) mass is 424 g/mol. The van der Waals surface area contributed by atoms with Crippen molar-refractivity contribution in [2.45, 2.75) is 32.6 Å². The second kappa shape index (κ2) is 6.86. The van der Waals surface area contributed by atoms with Crippen LogP contribution < -0.4 is 0 Å². The molecule has 0 saturated carbocycles. The van der Waals surface area contributed by atoms with Crippen LogP contribution in [0, 0.1) is 17.0 Å². The topological polar surface area (TPSA) is 56.0 Å². The van der Waals surface area contributed by atoms with Crippen molar-refractivity contribution in [3.63, 3.8) is 0 Å². The van der Waals surface area contributed by atoms with E-state index in [0.29, 0.717) is 0 Å². The average Bonchev–Trinajstić information content (AvgIpc) is 3.11. The number of hydrogen-bond acceptors (Lipinski definition) is 4. The summed E-state index contributed by atoms with van der Waals surface area (Å²) >= 11 is 1.86. The molecule has 0 spiro atoms. The highest BCUT2D eigenvalue weighted by Gasteiger charge is 2.16. The molecule has 0 aliphatic heterocycles. The third-order valence-corrected chi connectivity index (χ3v) is 7.61. The molecule has 0 fully saturated rings. The van der Waals surface area contributed by atoms with Crippen LogP contribution in [-0.2, 0) is 12.8 Å². The van der Waals surface area contributed by atoms with Crippen molar-refractivity contribution in [2.75, 3.05) is 0 Å². The molecule has 4 nitrogen and oxygen atoms in total. The molecule has 0 saturated heterocycles. The minimum absolute atomic E-state index is 0.109. The second-order valence-electron chi connectivity index (χ2n) is 8.41. The van der Waals surface area contributed by atoms with Crippen LogP contribution in [0.25, 0.3) is 42.2 Å². The molecule has 0 radical (unpaired) electrons. The Morgan fingerprint density at radius 1 is 0.903 bits per heavy atom. The average molecular weight is 425 g/mol. The Hall–Kier alpha value is -3.31. The number of aryl methyl sites for hydroxylation is 3. The molecule has 2 heterocycles. The zero-order chi connectivity index (χ0) is 21.1. The van der Waals surface area contributed by atoms with E-state index >= 15 is 0 Å². The Labute approximate surface area is 183 Å². The fraction of sp³-hybridized carbons (Fsp3) is 0.192. The van der Waals surface area contributed by atoms with Gasteiger partial charge < -0.3 is 0 Å². The Morgan fingerprint density at radius 2 is 1.65 bits per heavy atom. The van der Waals surface area contributed by atoms with E-state index in [-0.39, 0.29) is 10.6 Å². The van der Waals surface area contributed by atoms with Crippen LogP contribution in [0.15, 0.2) is 54.7 Å². The lowest BCUT2D eigenvalue weighted by atomic mass is 9.90. The van der Waals surface area contributed by atoms with E-state index in [1.165, 1.54) is 57.0 Å². The van der Waals surface area contributed by atoms with Crippen LogP contribution in [0.5, 0.6) is 0 Å². The molecule has 0 amide bonds. The fourth-order valence-electron chi connectivity index (χ4n) is 4.91. The Balaban J connectivity index is 1.61. The Bertz CT molecular complexity index is 1530. The Morgan fingerprint density at radius 3 is 2.42 bits per heavy atom.